The molecule has 0 amide bonds. The Morgan fingerprint density at radius 1 is 0.471 bits per heavy atom. The third-order valence-electron chi connectivity index (χ3n) is 11.1. The highest BCUT2D eigenvalue weighted by atomic mass is 16.5. The van der Waals surface area contributed by atoms with E-state index in [1.807, 2.05) is 0 Å². The fourth-order valence-corrected chi connectivity index (χ4v) is 9.11. The molecule has 8 aromatic carbocycles. The largest absolute Gasteiger partial charge is 0.453 e. The summed E-state index contributed by atoms with van der Waals surface area (Å²) in [6.07, 6.45) is 0. The van der Waals surface area contributed by atoms with Gasteiger partial charge in [-0.25, -0.2) is 0 Å². The predicted octanol–water partition coefficient (Wildman–Crippen LogP) is 10.9. The molecule has 236 valence electrons. The number of nitrogens with zero attached hydrogens (tertiary/aromatic N) is 3. The van der Waals surface area contributed by atoms with Crippen molar-refractivity contribution in [2.45, 2.75) is 0 Å². The Kier molecular flexibility index (Phi) is 5.29. The first-order chi connectivity index (χ1) is 25.3. The number of rotatable bonds is 3. The van der Waals surface area contributed by atoms with Gasteiger partial charge in [0.1, 0.15) is 0 Å². The average molecular weight is 650 g/mol. The van der Waals surface area contributed by atoms with Crippen LogP contribution in [0.5, 0.6) is 11.5 Å². The van der Waals surface area contributed by atoms with Gasteiger partial charge in [0.2, 0.25) is 0 Å². The quantitative estimate of drug-likeness (QED) is 0.178. The zero-order valence-corrected chi connectivity index (χ0v) is 27.5. The normalized spacial score (nSPS) is 13.2. The summed E-state index contributed by atoms with van der Waals surface area (Å²) in [6, 6.07) is 61.6. The van der Waals surface area contributed by atoms with Crippen molar-refractivity contribution in [3.8, 4) is 22.6 Å². The molecule has 3 aliphatic rings. The molecule has 0 spiro atoms. The van der Waals surface area contributed by atoms with Gasteiger partial charge in [-0.15, -0.1) is 0 Å². The SMILES string of the molecule is c1ccc(N(c2ccccc2)c2cc3c4c(c2)N2c5ccccc5Oc5cccc(c52)B4n2c4c-3cccc4c3ccc4ccccc4c32)cc1. The van der Waals surface area contributed by atoms with E-state index in [1.54, 1.807) is 0 Å². The molecule has 5 heteroatoms. The van der Waals surface area contributed by atoms with Gasteiger partial charge in [0.25, 0.3) is 0 Å². The zero-order chi connectivity index (χ0) is 33.2. The van der Waals surface area contributed by atoms with E-state index >= 15 is 0 Å². The predicted molar refractivity (Wildman–Crippen MR) is 212 cm³/mol. The zero-order valence-electron chi connectivity index (χ0n) is 27.5. The standard InChI is InChI=1S/C46H28BN3O/c1-3-14-30(15-4-1)48(31-16-5-2-6-17-31)32-27-37-35-20-11-19-34-36-26-25-29-13-7-8-18-33(29)44(36)50(45(34)35)47-38-21-12-24-42-46(38)49(40(28-32)43(37)47)39-22-9-10-23-41(39)51-42/h1-28H. The second kappa shape index (κ2) is 9.93. The molecular formula is C46H28BN3O. The van der Waals surface area contributed by atoms with Gasteiger partial charge in [0, 0.05) is 55.5 Å². The molecule has 0 aliphatic carbocycles. The smallest absolute Gasteiger partial charge is 0.333 e. The summed E-state index contributed by atoms with van der Waals surface area (Å²) in [5.74, 6) is 1.74. The maximum atomic E-state index is 6.72. The number of hydrogen-bond acceptors (Lipinski definition) is 3. The van der Waals surface area contributed by atoms with Crippen LogP contribution in [0.25, 0.3) is 43.7 Å². The molecule has 0 bridgehead atoms. The van der Waals surface area contributed by atoms with Crippen LogP contribution in [-0.2, 0) is 0 Å². The summed E-state index contributed by atoms with van der Waals surface area (Å²) < 4.78 is 9.36. The number of anilines is 6. The molecular weight excluding hydrogens is 621 g/mol. The van der Waals surface area contributed by atoms with Crippen molar-refractivity contribution in [1.29, 1.82) is 0 Å². The highest BCUT2D eigenvalue weighted by molar-refractivity contribution is 6.90. The topological polar surface area (TPSA) is 20.6 Å². The van der Waals surface area contributed by atoms with E-state index in [2.05, 4.69) is 184 Å². The summed E-state index contributed by atoms with van der Waals surface area (Å²) in [7, 11) is 0. The van der Waals surface area contributed by atoms with Crippen LogP contribution in [0, 0.1) is 0 Å². The van der Waals surface area contributed by atoms with Crippen molar-refractivity contribution in [2.75, 3.05) is 9.80 Å². The second-order valence-electron chi connectivity index (χ2n) is 13.7. The van der Waals surface area contributed by atoms with Gasteiger partial charge in [0.15, 0.2) is 11.5 Å². The highest BCUT2D eigenvalue weighted by Crippen LogP contribution is 2.54. The van der Waals surface area contributed by atoms with E-state index in [9.17, 15) is 0 Å². The van der Waals surface area contributed by atoms with Crippen molar-refractivity contribution >= 4 is 84.5 Å². The van der Waals surface area contributed by atoms with Gasteiger partial charge >= 0.3 is 6.85 Å². The second-order valence-corrected chi connectivity index (χ2v) is 13.7. The Balaban J connectivity index is 1.27. The lowest BCUT2D eigenvalue weighted by atomic mass is 9.45. The average Bonchev–Trinajstić information content (AvgIpc) is 3.53. The monoisotopic (exact) mass is 649 g/mol. The van der Waals surface area contributed by atoms with Crippen molar-refractivity contribution in [3.63, 3.8) is 0 Å². The molecule has 4 nitrogen and oxygen atoms in total. The molecule has 4 heterocycles. The molecule has 9 aromatic rings. The lowest BCUT2D eigenvalue weighted by Crippen LogP contribution is -2.57. The van der Waals surface area contributed by atoms with Crippen molar-refractivity contribution < 1.29 is 4.74 Å². The third-order valence-corrected chi connectivity index (χ3v) is 11.1. The van der Waals surface area contributed by atoms with E-state index in [0.29, 0.717) is 0 Å². The van der Waals surface area contributed by atoms with Crippen LogP contribution < -0.4 is 25.5 Å². The third kappa shape index (κ3) is 3.54. The van der Waals surface area contributed by atoms with Crippen molar-refractivity contribution in [2.24, 2.45) is 0 Å². The van der Waals surface area contributed by atoms with Gasteiger partial charge < -0.3 is 19.0 Å². The highest BCUT2D eigenvalue weighted by Gasteiger charge is 2.46. The Bertz CT molecular complexity index is 2880. The summed E-state index contributed by atoms with van der Waals surface area (Å²) in [5, 5.41) is 5.08. The molecule has 0 saturated carbocycles. The number of benzene rings is 8. The van der Waals surface area contributed by atoms with E-state index < -0.39 is 0 Å². The van der Waals surface area contributed by atoms with Crippen molar-refractivity contribution in [1.82, 2.24) is 4.48 Å². The summed E-state index contributed by atoms with van der Waals surface area (Å²) in [4.78, 5) is 4.85. The lowest BCUT2D eigenvalue weighted by molar-refractivity contribution is 0.477. The molecule has 0 N–H and O–H groups in total. The molecule has 51 heavy (non-hydrogen) atoms. The van der Waals surface area contributed by atoms with Gasteiger partial charge in [-0.1, -0.05) is 115 Å². The first kappa shape index (κ1) is 27.1. The van der Waals surface area contributed by atoms with Crippen LogP contribution in [0.1, 0.15) is 0 Å². The molecule has 0 saturated heterocycles. The van der Waals surface area contributed by atoms with Gasteiger partial charge in [0.05, 0.1) is 11.4 Å². The maximum absolute atomic E-state index is 6.72. The fourth-order valence-electron chi connectivity index (χ4n) is 9.11. The Morgan fingerprint density at radius 3 is 2.00 bits per heavy atom. The Labute approximate surface area is 295 Å². The summed E-state index contributed by atoms with van der Waals surface area (Å²) >= 11 is 0. The molecule has 1 aromatic heterocycles. The van der Waals surface area contributed by atoms with Crippen LogP contribution >= 0.6 is 0 Å². The summed E-state index contributed by atoms with van der Waals surface area (Å²) in [5.41, 5.74) is 14.3. The molecule has 0 fully saturated rings. The Morgan fingerprint density at radius 2 is 1.16 bits per heavy atom. The van der Waals surface area contributed by atoms with Crippen LogP contribution in [0.2, 0.25) is 0 Å². The fraction of sp³-hybridized carbons (Fsp3) is 0. The van der Waals surface area contributed by atoms with E-state index in [1.165, 1.54) is 60.3 Å². The first-order valence-corrected chi connectivity index (χ1v) is 17.6. The molecule has 12 rings (SSSR count). The maximum Gasteiger partial charge on any atom is 0.333 e. The van der Waals surface area contributed by atoms with Gasteiger partial charge in [-0.05, 0) is 76.5 Å². The minimum absolute atomic E-state index is 0.0632. The van der Waals surface area contributed by atoms with Crippen LogP contribution in [0.4, 0.5) is 34.1 Å². The number of para-hydroxylation sites is 6. The van der Waals surface area contributed by atoms with E-state index in [4.69, 9.17) is 4.74 Å². The Hall–Kier alpha value is -6.72. The van der Waals surface area contributed by atoms with Gasteiger partial charge in [-0.2, -0.15) is 0 Å². The van der Waals surface area contributed by atoms with E-state index in [-0.39, 0.29) is 6.85 Å². The minimum atomic E-state index is -0.0632. The number of ether oxygens (including phenoxy) is 1. The summed E-state index contributed by atoms with van der Waals surface area (Å²) in [6.45, 7) is -0.0632. The van der Waals surface area contributed by atoms with Crippen LogP contribution in [0.15, 0.2) is 170 Å². The number of aromatic nitrogens is 1. The molecule has 0 atom stereocenters. The van der Waals surface area contributed by atoms with Gasteiger partial charge in [-0.3, -0.25) is 0 Å². The first-order valence-electron chi connectivity index (χ1n) is 17.6. The lowest BCUT2D eigenvalue weighted by Gasteiger charge is -2.44. The molecule has 0 unspecified atom stereocenters. The van der Waals surface area contributed by atoms with Crippen LogP contribution in [0.3, 0.4) is 0 Å². The molecule has 0 radical (unpaired) electrons. The molecule has 3 aliphatic heterocycles. The number of fused-ring (bicyclic) bond motifs is 11. The number of hydrogen-bond donors (Lipinski definition) is 0. The van der Waals surface area contributed by atoms with Crippen LogP contribution in [-0.4, -0.2) is 11.3 Å². The van der Waals surface area contributed by atoms with Crippen molar-refractivity contribution in [3.05, 3.63) is 170 Å². The van der Waals surface area contributed by atoms with E-state index in [0.717, 1.165) is 39.9 Å². The minimum Gasteiger partial charge on any atom is -0.453 e.